The van der Waals surface area contributed by atoms with E-state index in [1.807, 2.05) is 35.1 Å². The topological polar surface area (TPSA) is 56.0 Å². The number of nitrogens with zero attached hydrogens (tertiary/aromatic N) is 5. The molecule has 1 amide bonds. The largest absolute Gasteiger partial charge is 0.340 e. The van der Waals surface area contributed by atoms with E-state index in [2.05, 4.69) is 14.5 Å². The highest BCUT2D eigenvalue weighted by atomic mass is 16.2. The maximum absolute atomic E-state index is 13.1. The first kappa shape index (κ1) is 14.5. The van der Waals surface area contributed by atoms with Gasteiger partial charge in [-0.3, -0.25) is 4.79 Å². The van der Waals surface area contributed by atoms with Gasteiger partial charge in [0.05, 0.1) is 12.4 Å². The van der Waals surface area contributed by atoms with Gasteiger partial charge in [-0.25, -0.2) is 9.97 Å². The van der Waals surface area contributed by atoms with E-state index in [4.69, 9.17) is 0 Å². The molecular formula is C17H23N5O. The van der Waals surface area contributed by atoms with Crippen LogP contribution in [0.2, 0.25) is 0 Å². The number of hydrogen-bond donors (Lipinski definition) is 0. The number of amides is 1. The number of carbonyl (C=O) groups excluding carboxylic acids is 1. The van der Waals surface area contributed by atoms with Gasteiger partial charge in [-0.1, -0.05) is 12.8 Å². The molecule has 4 rings (SSSR count). The smallest absolute Gasteiger partial charge is 0.274 e. The molecule has 122 valence electrons. The molecule has 0 bridgehead atoms. The maximum Gasteiger partial charge on any atom is 0.274 e. The van der Waals surface area contributed by atoms with Crippen molar-refractivity contribution in [3.8, 4) is 0 Å². The fraction of sp³-hybridized carbons (Fsp3) is 0.588. The lowest BCUT2D eigenvalue weighted by molar-refractivity contribution is 0.0597. The van der Waals surface area contributed by atoms with Gasteiger partial charge < -0.3 is 14.0 Å². The number of imidazole rings is 2. The molecule has 1 aliphatic carbocycles. The Kier molecular flexibility index (Phi) is 3.67. The number of rotatable bonds is 2. The van der Waals surface area contributed by atoms with Gasteiger partial charge in [0.15, 0.2) is 0 Å². The summed E-state index contributed by atoms with van der Waals surface area (Å²) in [5.74, 6) is 1.61. The summed E-state index contributed by atoms with van der Waals surface area (Å²) in [6, 6.07) is 0.0875. The van der Waals surface area contributed by atoms with Gasteiger partial charge in [0.1, 0.15) is 11.5 Å². The van der Waals surface area contributed by atoms with Gasteiger partial charge in [0.25, 0.3) is 5.91 Å². The molecule has 1 fully saturated rings. The monoisotopic (exact) mass is 313 g/mol. The lowest BCUT2D eigenvalue weighted by Gasteiger charge is -2.33. The highest BCUT2D eigenvalue weighted by molar-refractivity contribution is 5.92. The van der Waals surface area contributed by atoms with Gasteiger partial charge in [-0.2, -0.15) is 0 Å². The quantitative estimate of drug-likeness (QED) is 0.855. The molecule has 1 aliphatic heterocycles. The lowest BCUT2D eigenvalue weighted by atomic mass is 9.95. The van der Waals surface area contributed by atoms with Crippen molar-refractivity contribution < 1.29 is 4.79 Å². The molecule has 1 unspecified atom stereocenters. The summed E-state index contributed by atoms with van der Waals surface area (Å²) >= 11 is 0. The zero-order valence-electron chi connectivity index (χ0n) is 13.6. The lowest BCUT2D eigenvalue weighted by Crippen LogP contribution is -2.38. The number of carbonyl (C=O) groups is 1. The van der Waals surface area contributed by atoms with E-state index in [1.165, 1.54) is 25.7 Å². The Labute approximate surface area is 136 Å². The Morgan fingerprint density at radius 2 is 2.00 bits per heavy atom. The molecule has 1 atom stereocenters. The molecule has 23 heavy (non-hydrogen) atoms. The number of aromatic nitrogens is 4. The minimum Gasteiger partial charge on any atom is -0.340 e. The number of fused-ring (bicyclic) bond motifs is 1. The van der Waals surface area contributed by atoms with Crippen molar-refractivity contribution in [2.45, 2.75) is 44.7 Å². The molecular weight excluding hydrogens is 290 g/mol. The van der Waals surface area contributed by atoms with Crippen molar-refractivity contribution in [2.75, 3.05) is 6.54 Å². The third-order valence-electron chi connectivity index (χ3n) is 5.18. The molecule has 2 aromatic rings. The zero-order chi connectivity index (χ0) is 15.8. The molecule has 0 N–H and O–H groups in total. The van der Waals surface area contributed by atoms with E-state index >= 15 is 0 Å². The van der Waals surface area contributed by atoms with Crippen molar-refractivity contribution in [3.05, 3.63) is 36.4 Å². The van der Waals surface area contributed by atoms with Crippen LogP contribution < -0.4 is 0 Å². The van der Waals surface area contributed by atoms with Gasteiger partial charge in [0.2, 0.25) is 0 Å². The summed E-state index contributed by atoms with van der Waals surface area (Å²) in [6.07, 6.45) is 13.3. The average molecular weight is 313 g/mol. The van der Waals surface area contributed by atoms with Crippen LogP contribution in [-0.4, -0.2) is 36.5 Å². The summed E-state index contributed by atoms with van der Waals surface area (Å²) in [4.78, 5) is 24.0. The highest BCUT2D eigenvalue weighted by Crippen LogP contribution is 2.40. The molecule has 0 aromatic carbocycles. The SMILES string of the molecule is Cn1cnc(C(=O)N2CCCn3ccnc3C2C2CCCC2)c1. The van der Waals surface area contributed by atoms with E-state index in [0.717, 1.165) is 25.3 Å². The first-order valence-corrected chi connectivity index (χ1v) is 8.54. The van der Waals surface area contributed by atoms with Gasteiger partial charge in [0, 0.05) is 38.7 Å². The molecule has 0 spiro atoms. The van der Waals surface area contributed by atoms with E-state index in [9.17, 15) is 4.79 Å². The van der Waals surface area contributed by atoms with Gasteiger partial charge >= 0.3 is 0 Å². The highest BCUT2D eigenvalue weighted by Gasteiger charge is 2.38. The molecule has 2 aromatic heterocycles. The Hall–Kier alpha value is -2.11. The van der Waals surface area contributed by atoms with E-state index in [1.54, 1.807) is 6.33 Å². The second kappa shape index (κ2) is 5.83. The van der Waals surface area contributed by atoms with Crippen molar-refractivity contribution >= 4 is 5.91 Å². The van der Waals surface area contributed by atoms with Crippen LogP contribution in [-0.2, 0) is 13.6 Å². The molecule has 0 saturated heterocycles. The maximum atomic E-state index is 13.1. The molecule has 6 heteroatoms. The minimum atomic E-state index is 0.0407. The summed E-state index contributed by atoms with van der Waals surface area (Å²) in [5, 5.41) is 0. The Morgan fingerprint density at radius 3 is 2.74 bits per heavy atom. The number of hydrogen-bond acceptors (Lipinski definition) is 3. The van der Waals surface area contributed by atoms with Crippen LogP contribution >= 0.6 is 0 Å². The molecule has 2 aliphatic rings. The zero-order valence-corrected chi connectivity index (χ0v) is 13.6. The van der Waals surface area contributed by atoms with E-state index < -0.39 is 0 Å². The normalized spacial score (nSPS) is 22.1. The fourth-order valence-corrected chi connectivity index (χ4v) is 4.10. The molecule has 1 saturated carbocycles. The predicted octanol–water partition coefficient (Wildman–Crippen LogP) is 2.39. The van der Waals surface area contributed by atoms with Crippen LogP contribution in [0.5, 0.6) is 0 Å². The molecule has 6 nitrogen and oxygen atoms in total. The van der Waals surface area contributed by atoms with Crippen molar-refractivity contribution in [3.63, 3.8) is 0 Å². The first-order chi connectivity index (χ1) is 11.2. The Bertz CT molecular complexity index is 697. The van der Waals surface area contributed by atoms with Crippen LogP contribution in [0.15, 0.2) is 24.9 Å². The molecule has 3 heterocycles. The van der Waals surface area contributed by atoms with Gasteiger partial charge in [-0.15, -0.1) is 0 Å². The van der Waals surface area contributed by atoms with E-state index in [-0.39, 0.29) is 11.9 Å². The predicted molar refractivity (Wildman–Crippen MR) is 85.8 cm³/mol. The molecule has 0 radical (unpaired) electrons. The van der Waals surface area contributed by atoms with Crippen molar-refractivity contribution in [1.29, 1.82) is 0 Å². The Balaban J connectivity index is 1.72. The fourth-order valence-electron chi connectivity index (χ4n) is 4.10. The summed E-state index contributed by atoms with van der Waals surface area (Å²) in [7, 11) is 1.90. The second-order valence-corrected chi connectivity index (χ2v) is 6.74. The first-order valence-electron chi connectivity index (χ1n) is 8.54. The van der Waals surface area contributed by atoms with Crippen LogP contribution in [0, 0.1) is 5.92 Å². The van der Waals surface area contributed by atoms with E-state index in [0.29, 0.717) is 11.6 Å². The standard InChI is InChI=1S/C17H23N5O/c1-20-11-14(19-12-20)17(23)22-9-4-8-21-10-7-18-16(21)15(22)13-5-2-3-6-13/h7,10-13,15H,2-6,8-9H2,1H3. The average Bonchev–Trinajstić information content (AvgIpc) is 3.27. The minimum absolute atomic E-state index is 0.0407. The van der Waals surface area contributed by atoms with Gasteiger partial charge in [-0.05, 0) is 25.2 Å². The van der Waals surface area contributed by atoms with Crippen molar-refractivity contribution in [1.82, 2.24) is 24.0 Å². The van der Waals surface area contributed by atoms with Crippen LogP contribution in [0.3, 0.4) is 0 Å². The number of aryl methyl sites for hydroxylation is 2. The summed E-state index contributed by atoms with van der Waals surface area (Å²) in [6.45, 7) is 1.71. The third-order valence-corrected chi connectivity index (χ3v) is 5.18. The third kappa shape index (κ3) is 2.56. The summed E-state index contributed by atoms with van der Waals surface area (Å²) < 4.78 is 4.06. The van der Waals surface area contributed by atoms with Crippen LogP contribution in [0.25, 0.3) is 0 Å². The van der Waals surface area contributed by atoms with Crippen LogP contribution in [0.4, 0.5) is 0 Å². The van der Waals surface area contributed by atoms with Crippen LogP contribution in [0.1, 0.15) is 54.5 Å². The van der Waals surface area contributed by atoms with Crippen molar-refractivity contribution in [2.24, 2.45) is 13.0 Å². The second-order valence-electron chi connectivity index (χ2n) is 6.74. The summed E-state index contributed by atoms with van der Waals surface area (Å²) in [5.41, 5.74) is 0.538. The Morgan fingerprint density at radius 1 is 1.17 bits per heavy atom.